The average Bonchev–Trinajstić information content (AvgIpc) is 2.54. The molecule has 0 radical (unpaired) electrons. The topological polar surface area (TPSA) is 64.9 Å². The van der Waals surface area contributed by atoms with Gasteiger partial charge in [-0.2, -0.15) is 5.26 Å². The number of amides is 1. The maximum Gasteiger partial charge on any atom is 0.238 e. The number of benzene rings is 2. The first-order valence-corrected chi connectivity index (χ1v) is 6.77. The Balaban J connectivity index is 1.83. The van der Waals surface area contributed by atoms with E-state index in [9.17, 15) is 4.79 Å². The van der Waals surface area contributed by atoms with Crippen LogP contribution in [0.2, 0.25) is 0 Å². The molecule has 1 amide bonds. The maximum absolute atomic E-state index is 11.9. The van der Waals surface area contributed by atoms with Crippen LogP contribution in [0.4, 0.5) is 5.69 Å². The third-order valence-electron chi connectivity index (χ3n) is 3.17. The number of carbonyl (C=O) groups is 1. The minimum absolute atomic E-state index is 0.109. The Labute approximate surface area is 124 Å². The van der Waals surface area contributed by atoms with Crippen molar-refractivity contribution >= 4 is 11.6 Å². The SMILES string of the molecule is C[C@H](NCC(=O)Nc1ccc(C#N)cc1)c1ccccc1. The van der Waals surface area contributed by atoms with E-state index in [4.69, 9.17) is 5.26 Å². The molecule has 0 heterocycles. The van der Waals surface area contributed by atoms with E-state index in [1.807, 2.05) is 43.3 Å². The van der Waals surface area contributed by atoms with Crippen molar-refractivity contribution in [2.24, 2.45) is 0 Å². The summed E-state index contributed by atoms with van der Waals surface area (Å²) in [5, 5.41) is 14.7. The number of rotatable bonds is 5. The number of hydrogen-bond donors (Lipinski definition) is 2. The minimum atomic E-state index is -0.109. The second kappa shape index (κ2) is 7.22. The monoisotopic (exact) mass is 279 g/mol. The smallest absolute Gasteiger partial charge is 0.238 e. The zero-order valence-electron chi connectivity index (χ0n) is 11.8. The lowest BCUT2D eigenvalue weighted by Gasteiger charge is -2.14. The predicted octanol–water partition coefficient (Wildman–Crippen LogP) is 2.85. The summed E-state index contributed by atoms with van der Waals surface area (Å²) in [5.41, 5.74) is 2.40. The van der Waals surface area contributed by atoms with Crippen molar-refractivity contribution in [3.8, 4) is 6.07 Å². The molecule has 0 aliphatic carbocycles. The fourth-order valence-corrected chi connectivity index (χ4v) is 1.94. The Morgan fingerprint density at radius 3 is 2.43 bits per heavy atom. The quantitative estimate of drug-likeness (QED) is 0.884. The van der Waals surface area contributed by atoms with Gasteiger partial charge in [-0.1, -0.05) is 30.3 Å². The van der Waals surface area contributed by atoms with E-state index in [1.165, 1.54) is 0 Å². The highest BCUT2D eigenvalue weighted by molar-refractivity contribution is 5.92. The van der Waals surface area contributed by atoms with Crippen LogP contribution < -0.4 is 10.6 Å². The Morgan fingerprint density at radius 1 is 1.14 bits per heavy atom. The van der Waals surface area contributed by atoms with Crippen LogP contribution in [0.25, 0.3) is 0 Å². The molecule has 21 heavy (non-hydrogen) atoms. The highest BCUT2D eigenvalue weighted by Crippen LogP contribution is 2.11. The van der Waals surface area contributed by atoms with Gasteiger partial charge >= 0.3 is 0 Å². The fourth-order valence-electron chi connectivity index (χ4n) is 1.94. The molecule has 0 fully saturated rings. The molecule has 0 saturated carbocycles. The lowest BCUT2D eigenvalue weighted by molar-refractivity contribution is -0.115. The van der Waals surface area contributed by atoms with E-state index in [0.29, 0.717) is 11.3 Å². The molecule has 106 valence electrons. The second-order valence-corrected chi connectivity index (χ2v) is 4.75. The molecule has 0 aliphatic heterocycles. The minimum Gasteiger partial charge on any atom is -0.325 e. The van der Waals surface area contributed by atoms with Crippen LogP contribution in [0.5, 0.6) is 0 Å². The summed E-state index contributed by atoms with van der Waals surface area (Å²) in [6.07, 6.45) is 0. The van der Waals surface area contributed by atoms with Crippen molar-refractivity contribution in [1.29, 1.82) is 5.26 Å². The molecule has 4 heteroatoms. The first-order chi connectivity index (χ1) is 10.2. The van der Waals surface area contributed by atoms with Crippen LogP contribution in [-0.4, -0.2) is 12.5 Å². The molecule has 0 unspecified atom stereocenters. The van der Waals surface area contributed by atoms with Gasteiger partial charge in [0.05, 0.1) is 18.2 Å². The number of nitrogens with one attached hydrogen (secondary N) is 2. The van der Waals surface area contributed by atoms with Crippen molar-refractivity contribution in [1.82, 2.24) is 5.32 Å². The summed E-state index contributed by atoms with van der Waals surface area (Å²) in [6.45, 7) is 2.25. The van der Waals surface area contributed by atoms with Gasteiger partial charge in [-0.05, 0) is 36.8 Å². The normalized spacial score (nSPS) is 11.4. The summed E-state index contributed by atoms with van der Waals surface area (Å²) in [7, 11) is 0. The van der Waals surface area contributed by atoms with Gasteiger partial charge in [-0.25, -0.2) is 0 Å². The van der Waals surface area contributed by atoms with Crippen LogP contribution in [0, 0.1) is 11.3 Å². The number of nitriles is 1. The van der Waals surface area contributed by atoms with E-state index in [0.717, 1.165) is 5.56 Å². The second-order valence-electron chi connectivity index (χ2n) is 4.75. The van der Waals surface area contributed by atoms with Crippen LogP contribution in [0.15, 0.2) is 54.6 Å². The molecule has 2 N–H and O–H groups in total. The van der Waals surface area contributed by atoms with Gasteiger partial charge in [0.25, 0.3) is 0 Å². The van der Waals surface area contributed by atoms with Crippen molar-refractivity contribution in [3.63, 3.8) is 0 Å². The lowest BCUT2D eigenvalue weighted by atomic mass is 10.1. The van der Waals surface area contributed by atoms with Gasteiger partial charge in [0.15, 0.2) is 0 Å². The van der Waals surface area contributed by atoms with Crippen molar-refractivity contribution in [2.75, 3.05) is 11.9 Å². The number of anilines is 1. The molecular formula is C17H17N3O. The summed E-state index contributed by atoms with van der Waals surface area (Å²) in [6, 6.07) is 18.9. The van der Waals surface area contributed by atoms with Gasteiger partial charge in [0, 0.05) is 11.7 Å². The number of nitrogens with zero attached hydrogens (tertiary/aromatic N) is 1. The first-order valence-electron chi connectivity index (χ1n) is 6.77. The Kier molecular flexibility index (Phi) is 5.08. The van der Waals surface area contributed by atoms with Crippen LogP contribution >= 0.6 is 0 Å². The molecule has 0 bridgehead atoms. The molecule has 1 atom stereocenters. The number of carbonyl (C=O) groups excluding carboxylic acids is 1. The fraction of sp³-hybridized carbons (Fsp3) is 0.176. The Hall–Kier alpha value is -2.64. The first kappa shape index (κ1) is 14.8. The van der Waals surface area contributed by atoms with E-state index < -0.39 is 0 Å². The average molecular weight is 279 g/mol. The summed E-state index contributed by atoms with van der Waals surface area (Å²) >= 11 is 0. The van der Waals surface area contributed by atoms with E-state index in [-0.39, 0.29) is 18.5 Å². The van der Waals surface area contributed by atoms with Crippen molar-refractivity contribution < 1.29 is 4.79 Å². The molecule has 0 saturated heterocycles. The summed E-state index contributed by atoms with van der Waals surface area (Å²) < 4.78 is 0. The lowest BCUT2D eigenvalue weighted by Crippen LogP contribution is -2.30. The van der Waals surface area contributed by atoms with Crippen LogP contribution in [0.1, 0.15) is 24.1 Å². The van der Waals surface area contributed by atoms with Gasteiger partial charge in [-0.3, -0.25) is 4.79 Å². The van der Waals surface area contributed by atoms with Gasteiger partial charge in [0.1, 0.15) is 0 Å². The van der Waals surface area contributed by atoms with E-state index in [2.05, 4.69) is 10.6 Å². The Bertz CT molecular complexity index is 629. The summed E-state index contributed by atoms with van der Waals surface area (Å²) in [4.78, 5) is 11.9. The van der Waals surface area contributed by atoms with Gasteiger partial charge in [0.2, 0.25) is 5.91 Å². The largest absolute Gasteiger partial charge is 0.325 e. The van der Waals surface area contributed by atoms with Gasteiger partial charge < -0.3 is 10.6 Å². The highest BCUT2D eigenvalue weighted by Gasteiger charge is 2.07. The van der Waals surface area contributed by atoms with Crippen molar-refractivity contribution in [3.05, 3.63) is 65.7 Å². The molecule has 4 nitrogen and oxygen atoms in total. The molecule has 0 spiro atoms. The maximum atomic E-state index is 11.9. The molecular weight excluding hydrogens is 262 g/mol. The van der Waals surface area contributed by atoms with Crippen molar-refractivity contribution in [2.45, 2.75) is 13.0 Å². The van der Waals surface area contributed by atoms with E-state index in [1.54, 1.807) is 24.3 Å². The molecule has 2 rings (SSSR count). The molecule has 2 aromatic rings. The molecule has 0 aliphatic rings. The van der Waals surface area contributed by atoms with E-state index >= 15 is 0 Å². The number of hydrogen-bond acceptors (Lipinski definition) is 3. The molecule has 0 aromatic heterocycles. The van der Waals surface area contributed by atoms with Crippen LogP contribution in [0.3, 0.4) is 0 Å². The predicted molar refractivity (Wildman–Crippen MR) is 82.6 cm³/mol. The van der Waals surface area contributed by atoms with Gasteiger partial charge in [-0.15, -0.1) is 0 Å². The Morgan fingerprint density at radius 2 is 1.81 bits per heavy atom. The highest BCUT2D eigenvalue weighted by atomic mass is 16.1. The van der Waals surface area contributed by atoms with Crippen LogP contribution in [-0.2, 0) is 4.79 Å². The molecule has 2 aromatic carbocycles. The standard InChI is InChI=1S/C17H17N3O/c1-13(15-5-3-2-4-6-15)19-12-17(21)20-16-9-7-14(11-18)8-10-16/h2-10,13,19H,12H2,1H3,(H,20,21)/t13-/m0/s1. The third kappa shape index (κ3) is 4.44. The third-order valence-corrected chi connectivity index (χ3v) is 3.17. The zero-order chi connectivity index (χ0) is 15.1. The summed E-state index contributed by atoms with van der Waals surface area (Å²) in [5.74, 6) is -0.109. The zero-order valence-corrected chi connectivity index (χ0v) is 11.8.